The average molecular weight is 350 g/mol. The number of carbonyl (C=O) groups excluding carboxylic acids is 1. The first-order valence-electron chi connectivity index (χ1n) is 8.16. The molecule has 0 atom stereocenters. The van der Waals surface area contributed by atoms with Crippen LogP contribution in [0.4, 0.5) is 0 Å². The van der Waals surface area contributed by atoms with E-state index in [1.54, 1.807) is 24.6 Å². The van der Waals surface area contributed by atoms with Crippen molar-refractivity contribution in [1.82, 2.24) is 4.57 Å². The molecule has 1 N–H and O–H groups in total. The van der Waals surface area contributed by atoms with E-state index < -0.39 is 5.97 Å². The van der Waals surface area contributed by atoms with Gasteiger partial charge in [0.15, 0.2) is 0 Å². The summed E-state index contributed by atoms with van der Waals surface area (Å²) in [5.41, 5.74) is 1.73. The zero-order valence-electron chi connectivity index (χ0n) is 14.5. The van der Waals surface area contributed by atoms with Gasteiger partial charge >= 0.3 is 5.97 Å². The fourth-order valence-corrected chi connectivity index (χ4v) is 2.88. The van der Waals surface area contributed by atoms with Crippen LogP contribution in [0.15, 0.2) is 42.5 Å². The Balaban J connectivity index is 2.13. The van der Waals surface area contributed by atoms with Crippen molar-refractivity contribution < 1.29 is 19.4 Å². The molecule has 0 spiro atoms. The smallest absolute Gasteiger partial charge is 0.340 e. The van der Waals surface area contributed by atoms with Crippen molar-refractivity contribution >= 4 is 16.9 Å². The Morgan fingerprint density at radius 3 is 2.65 bits per heavy atom. The first kappa shape index (κ1) is 17.4. The quantitative estimate of drug-likeness (QED) is 0.712. The largest absolute Gasteiger partial charge is 0.507 e. The maximum absolute atomic E-state index is 12.5. The van der Waals surface area contributed by atoms with Crippen molar-refractivity contribution in [3.8, 4) is 17.6 Å². The number of phenolic OH excluding ortho intramolecular Hbond substituents is 1. The van der Waals surface area contributed by atoms with Crippen molar-refractivity contribution in [2.75, 3.05) is 6.61 Å². The predicted octanol–water partition coefficient (Wildman–Crippen LogP) is 3.51. The molecule has 6 nitrogen and oxygen atoms in total. The lowest BCUT2D eigenvalue weighted by Gasteiger charge is -2.10. The van der Waals surface area contributed by atoms with Crippen LogP contribution in [0, 0.1) is 11.3 Å². The Morgan fingerprint density at radius 1 is 1.27 bits per heavy atom. The van der Waals surface area contributed by atoms with Crippen molar-refractivity contribution in [1.29, 1.82) is 5.26 Å². The van der Waals surface area contributed by atoms with Crippen LogP contribution in [0.2, 0.25) is 0 Å². The minimum atomic E-state index is -0.492. The molecule has 0 saturated heterocycles. The summed E-state index contributed by atoms with van der Waals surface area (Å²) in [6.07, 6.45) is 0. The van der Waals surface area contributed by atoms with E-state index in [1.807, 2.05) is 36.4 Å². The van der Waals surface area contributed by atoms with Crippen molar-refractivity contribution in [3.05, 3.63) is 59.3 Å². The first-order chi connectivity index (χ1) is 12.6. The number of nitriles is 1. The van der Waals surface area contributed by atoms with Crippen molar-refractivity contribution in [3.63, 3.8) is 0 Å². The summed E-state index contributed by atoms with van der Waals surface area (Å²) in [6.45, 7) is 2.11. The molecular weight excluding hydrogens is 332 g/mol. The number of hydrogen-bond donors (Lipinski definition) is 1. The maximum atomic E-state index is 12.5. The predicted molar refractivity (Wildman–Crippen MR) is 96.0 cm³/mol. The van der Waals surface area contributed by atoms with Crippen LogP contribution < -0.4 is 4.74 Å². The molecule has 132 valence electrons. The molecule has 0 unspecified atom stereocenters. The summed E-state index contributed by atoms with van der Waals surface area (Å²) in [6, 6.07) is 14.2. The fraction of sp³-hybridized carbons (Fsp3) is 0.200. The highest BCUT2D eigenvalue weighted by atomic mass is 16.5. The number of fused-ring (bicyclic) bond motifs is 1. The number of rotatable bonds is 5. The number of para-hydroxylation sites is 1. The van der Waals surface area contributed by atoms with Crippen LogP contribution in [-0.2, 0) is 18.4 Å². The van der Waals surface area contributed by atoms with Gasteiger partial charge in [0.2, 0.25) is 0 Å². The number of ether oxygens (including phenoxy) is 2. The van der Waals surface area contributed by atoms with Crippen LogP contribution >= 0.6 is 0 Å². The van der Waals surface area contributed by atoms with Crippen LogP contribution in [0.3, 0.4) is 0 Å². The highest BCUT2D eigenvalue weighted by Crippen LogP contribution is 2.32. The second-order valence-electron chi connectivity index (χ2n) is 5.70. The van der Waals surface area contributed by atoms with Crippen LogP contribution in [0.25, 0.3) is 10.9 Å². The Morgan fingerprint density at radius 2 is 2.00 bits per heavy atom. The van der Waals surface area contributed by atoms with Gasteiger partial charge in [-0.1, -0.05) is 18.2 Å². The first-order valence-corrected chi connectivity index (χ1v) is 8.16. The van der Waals surface area contributed by atoms with E-state index in [4.69, 9.17) is 14.7 Å². The third kappa shape index (κ3) is 3.07. The summed E-state index contributed by atoms with van der Waals surface area (Å²) < 4.78 is 12.8. The number of nitrogens with zero attached hydrogens (tertiary/aromatic N) is 2. The Hall–Kier alpha value is -3.46. The lowest BCUT2D eigenvalue weighted by Crippen LogP contribution is -2.11. The van der Waals surface area contributed by atoms with E-state index in [0.29, 0.717) is 27.9 Å². The zero-order valence-corrected chi connectivity index (χ0v) is 14.5. The molecule has 0 aliphatic heterocycles. The van der Waals surface area contributed by atoms with E-state index in [9.17, 15) is 9.90 Å². The minimum Gasteiger partial charge on any atom is -0.507 e. The molecule has 0 aliphatic rings. The van der Waals surface area contributed by atoms with E-state index in [0.717, 1.165) is 0 Å². The van der Waals surface area contributed by atoms with Gasteiger partial charge in [0.1, 0.15) is 24.2 Å². The standard InChI is InChI=1S/C20H18N2O4/c1-3-25-20(24)19-15-10-18(23)13(11-21)9-16(15)22(2)17(19)12-26-14-7-5-4-6-8-14/h4-10,23H,3,12H2,1-2H3. The SMILES string of the molecule is CCOC(=O)c1c(COc2ccccc2)n(C)c2cc(C#N)c(O)cc12. The van der Waals surface area contributed by atoms with Crippen molar-refractivity contribution in [2.24, 2.45) is 7.05 Å². The summed E-state index contributed by atoms with van der Waals surface area (Å²) in [5.74, 6) is 0.00803. The normalized spacial score (nSPS) is 10.5. The molecule has 0 aliphatic carbocycles. The molecule has 0 radical (unpaired) electrons. The highest BCUT2D eigenvalue weighted by molar-refractivity contribution is 6.06. The van der Waals surface area contributed by atoms with Gasteiger partial charge in [-0.3, -0.25) is 0 Å². The molecule has 0 bridgehead atoms. The number of aromatic nitrogens is 1. The van der Waals surface area contributed by atoms with Gasteiger partial charge in [-0.05, 0) is 31.2 Å². The third-order valence-electron chi connectivity index (χ3n) is 4.16. The summed E-state index contributed by atoms with van der Waals surface area (Å²) in [7, 11) is 1.78. The molecule has 3 aromatic rings. The second kappa shape index (κ2) is 7.19. The molecule has 2 aromatic carbocycles. The molecule has 1 heterocycles. The summed E-state index contributed by atoms with van der Waals surface area (Å²) >= 11 is 0. The molecule has 6 heteroatoms. The van der Waals surface area contributed by atoms with Gasteiger partial charge in [-0.15, -0.1) is 0 Å². The van der Waals surface area contributed by atoms with Crippen LogP contribution in [0.5, 0.6) is 11.5 Å². The van der Waals surface area contributed by atoms with Crippen molar-refractivity contribution in [2.45, 2.75) is 13.5 Å². The van der Waals surface area contributed by atoms with Gasteiger partial charge in [-0.25, -0.2) is 4.79 Å². The zero-order chi connectivity index (χ0) is 18.7. The Labute approximate surface area is 150 Å². The lowest BCUT2D eigenvalue weighted by atomic mass is 10.1. The van der Waals surface area contributed by atoms with E-state index in [1.165, 1.54) is 6.07 Å². The topological polar surface area (TPSA) is 84.5 Å². The number of aryl methyl sites for hydroxylation is 1. The van der Waals surface area contributed by atoms with Crippen LogP contribution in [0.1, 0.15) is 28.5 Å². The van der Waals surface area contributed by atoms with E-state index in [2.05, 4.69) is 0 Å². The van der Waals surface area contributed by atoms with Gasteiger partial charge in [0.05, 0.1) is 28.9 Å². The van der Waals surface area contributed by atoms with E-state index >= 15 is 0 Å². The molecule has 0 fully saturated rings. The van der Waals surface area contributed by atoms with Crippen LogP contribution in [-0.4, -0.2) is 22.2 Å². The average Bonchev–Trinajstić information content (AvgIpc) is 2.91. The second-order valence-corrected chi connectivity index (χ2v) is 5.70. The summed E-state index contributed by atoms with van der Waals surface area (Å²) in [4.78, 5) is 12.5. The Bertz CT molecular complexity index is 1000. The molecule has 1 aromatic heterocycles. The number of phenols is 1. The molecular formula is C20H18N2O4. The van der Waals surface area contributed by atoms with Gasteiger partial charge in [-0.2, -0.15) is 5.26 Å². The van der Waals surface area contributed by atoms with Gasteiger partial charge in [0, 0.05) is 12.4 Å². The molecule has 0 saturated carbocycles. The number of benzene rings is 2. The minimum absolute atomic E-state index is 0.143. The number of esters is 1. The van der Waals surface area contributed by atoms with Gasteiger partial charge in [0.25, 0.3) is 0 Å². The fourth-order valence-electron chi connectivity index (χ4n) is 2.88. The summed E-state index contributed by atoms with van der Waals surface area (Å²) in [5, 5.41) is 19.7. The highest BCUT2D eigenvalue weighted by Gasteiger charge is 2.24. The molecule has 0 amide bonds. The van der Waals surface area contributed by atoms with E-state index in [-0.39, 0.29) is 24.5 Å². The number of aromatic hydroxyl groups is 1. The molecule has 26 heavy (non-hydrogen) atoms. The number of carbonyl (C=O) groups is 1. The monoisotopic (exact) mass is 350 g/mol. The lowest BCUT2D eigenvalue weighted by molar-refractivity contribution is 0.0525. The molecule has 3 rings (SSSR count). The maximum Gasteiger partial charge on any atom is 0.340 e. The Kier molecular flexibility index (Phi) is 4.81. The van der Waals surface area contributed by atoms with Gasteiger partial charge < -0.3 is 19.1 Å². The number of hydrogen-bond acceptors (Lipinski definition) is 5. The third-order valence-corrected chi connectivity index (χ3v) is 4.16.